The highest BCUT2D eigenvalue weighted by Gasteiger charge is 2.20. The number of hydrogen-bond donors (Lipinski definition) is 1. The molecule has 24 heavy (non-hydrogen) atoms. The summed E-state index contributed by atoms with van der Waals surface area (Å²) in [6.45, 7) is 1.61. The van der Waals surface area contributed by atoms with Gasteiger partial charge in [-0.05, 0) is 36.8 Å². The van der Waals surface area contributed by atoms with Crippen LogP contribution in [0.15, 0.2) is 41.2 Å². The van der Waals surface area contributed by atoms with Crippen LogP contribution in [0.25, 0.3) is 5.69 Å². The number of rotatable bonds is 6. The van der Waals surface area contributed by atoms with Crippen molar-refractivity contribution in [2.75, 3.05) is 13.1 Å². The summed E-state index contributed by atoms with van der Waals surface area (Å²) in [6.07, 6.45) is 0.580. The SMILES string of the molecule is CCCN(CC(=O)O)C(=O)c1ccc(=O)n(-c2ccc(F)cc2)n1. The Morgan fingerprint density at radius 1 is 1.21 bits per heavy atom. The fourth-order valence-corrected chi connectivity index (χ4v) is 2.14. The summed E-state index contributed by atoms with van der Waals surface area (Å²) in [6, 6.07) is 7.47. The second kappa shape index (κ2) is 7.49. The maximum Gasteiger partial charge on any atom is 0.323 e. The molecule has 0 radical (unpaired) electrons. The van der Waals surface area contributed by atoms with Crippen molar-refractivity contribution < 1.29 is 19.1 Å². The fraction of sp³-hybridized carbons (Fsp3) is 0.250. The predicted molar refractivity (Wildman–Crippen MR) is 83.6 cm³/mol. The summed E-state index contributed by atoms with van der Waals surface area (Å²) in [5, 5.41) is 12.9. The zero-order chi connectivity index (χ0) is 17.7. The molecule has 0 atom stereocenters. The van der Waals surface area contributed by atoms with E-state index >= 15 is 0 Å². The number of aliphatic carboxylic acids is 1. The molecule has 8 heteroatoms. The minimum Gasteiger partial charge on any atom is -0.480 e. The van der Waals surface area contributed by atoms with Gasteiger partial charge < -0.3 is 10.0 Å². The van der Waals surface area contributed by atoms with E-state index in [0.717, 1.165) is 15.6 Å². The Labute approximate surface area is 137 Å². The number of hydrogen-bond acceptors (Lipinski definition) is 4. The van der Waals surface area contributed by atoms with Crippen LogP contribution in [0.2, 0.25) is 0 Å². The molecule has 1 N–H and O–H groups in total. The number of aromatic nitrogens is 2. The molecule has 1 aromatic carbocycles. The Hall–Kier alpha value is -3.03. The molecule has 0 saturated heterocycles. The van der Waals surface area contributed by atoms with E-state index in [1.807, 2.05) is 6.92 Å². The number of amides is 1. The Balaban J connectivity index is 2.39. The molecule has 2 rings (SSSR count). The highest BCUT2D eigenvalue weighted by atomic mass is 19.1. The lowest BCUT2D eigenvalue weighted by Crippen LogP contribution is -2.37. The maximum absolute atomic E-state index is 13.0. The van der Waals surface area contributed by atoms with Crippen LogP contribution in [0.4, 0.5) is 4.39 Å². The molecule has 1 amide bonds. The average molecular weight is 333 g/mol. The third-order valence-corrected chi connectivity index (χ3v) is 3.20. The molecule has 1 aromatic heterocycles. The smallest absolute Gasteiger partial charge is 0.323 e. The van der Waals surface area contributed by atoms with Crippen molar-refractivity contribution in [3.63, 3.8) is 0 Å². The van der Waals surface area contributed by atoms with E-state index in [4.69, 9.17) is 5.11 Å². The fourth-order valence-electron chi connectivity index (χ4n) is 2.14. The van der Waals surface area contributed by atoms with Crippen molar-refractivity contribution in [1.29, 1.82) is 0 Å². The number of nitrogens with zero attached hydrogens (tertiary/aromatic N) is 3. The first-order valence-electron chi connectivity index (χ1n) is 7.29. The van der Waals surface area contributed by atoms with Crippen LogP contribution in [0, 0.1) is 5.82 Å². The molecule has 0 aliphatic rings. The van der Waals surface area contributed by atoms with Crippen LogP contribution in [-0.2, 0) is 4.79 Å². The largest absolute Gasteiger partial charge is 0.480 e. The molecule has 1 heterocycles. The minimum absolute atomic E-state index is 0.0615. The number of carboxylic acid groups (broad SMARTS) is 1. The van der Waals surface area contributed by atoms with Crippen molar-refractivity contribution in [3.05, 3.63) is 58.3 Å². The highest BCUT2D eigenvalue weighted by Crippen LogP contribution is 2.07. The van der Waals surface area contributed by atoms with Gasteiger partial charge in [-0.25, -0.2) is 4.39 Å². The van der Waals surface area contributed by atoms with Gasteiger partial charge in [-0.3, -0.25) is 14.4 Å². The van der Waals surface area contributed by atoms with Gasteiger partial charge in [-0.15, -0.1) is 0 Å². The standard InChI is InChI=1S/C16H16FN3O4/c1-2-9-19(10-15(22)23)16(24)13-7-8-14(21)20(18-13)12-5-3-11(17)4-6-12/h3-8H,2,9-10H2,1H3,(H,22,23). The van der Waals surface area contributed by atoms with E-state index in [1.54, 1.807) is 0 Å². The molecular weight excluding hydrogens is 317 g/mol. The van der Waals surface area contributed by atoms with Crippen LogP contribution in [0.5, 0.6) is 0 Å². The first-order valence-corrected chi connectivity index (χ1v) is 7.29. The van der Waals surface area contributed by atoms with Crippen LogP contribution in [-0.4, -0.2) is 44.8 Å². The Kier molecular flexibility index (Phi) is 5.41. The molecular formula is C16H16FN3O4. The molecule has 0 unspecified atom stereocenters. The summed E-state index contributed by atoms with van der Waals surface area (Å²) in [7, 11) is 0. The first-order chi connectivity index (χ1) is 11.4. The molecule has 7 nitrogen and oxygen atoms in total. The summed E-state index contributed by atoms with van der Waals surface area (Å²) in [5.41, 5.74) is -0.247. The van der Waals surface area contributed by atoms with Crippen molar-refractivity contribution in [2.24, 2.45) is 0 Å². The van der Waals surface area contributed by atoms with Gasteiger partial charge in [0.25, 0.3) is 11.5 Å². The van der Waals surface area contributed by atoms with E-state index in [1.165, 1.54) is 30.3 Å². The second-order valence-corrected chi connectivity index (χ2v) is 5.07. The lowest BCUT2D eigenvalue weighted by Gasteiger charge is -2.19. The third kappa shape index (κ3) is 4.03. The van der Waals surface area contributed by atoms with Gasteiger partial charge in [0.15, 0.2) is 0 Å². The molecule has 0 aliphatic heterocycles. The molecule has 0 fully saturated rings. The van der Waals surface area contributed by atoms with Gasteiger partial charge >= 0.3 is 5.97 Å². The van der Waals surface area contributed by atoms with Gasteiger partial charge in [-0.2, -0.15) is 9.78 Å². The van der Waals surface area contributed by atoms with E-state index in [0.29, 0.717) is 12.1 Å². The monoisotopic (exact) mass is 333 g/mol. The Morgan fingerprint density at radius 3 is 2.46 bits per heavy atom. The van der Waals surface area contributed by atoms with E-state index in [2.05, 4.69) is 5.10 Å². The molecule has 126 valence electrons. The number of carbonyl (C=O) groups is 2. The summed E-state index contributed by atoms with van der Waals surface area (Å²) >= 11 is 0. The third-order valence-electron chi connectivity index (χ3n) is 3.20. The summed E-state index contributed by atoms with van der Waals surface area (Å²) in [5.74, 6) is -2.19. The van der Waals surface area contributed by atoms with Gasteiger partial charge in [0.05, 0.1) is 5.69 Å². The second-order valence-electron chi connectivity index (χ2n) is 5.07. The normalized spacial score (nSPS) is 10.4. The topological polar surface area (TPSA) is 92.5 Å². The molecule has 0 saturated carbocycles. The van der Waals surface area contributed by atoms with Gasteiger partial charge in [-0.1, -0.05) is 6.92 Å². The van der Waals surface area contributed by atoms with Crippen LogP contribution < -0.4 is 5.56 Å². The Morgan fingerprint density at radius 2 is 1.88 bits per heavy atom. The van der Waals surface area contributed by atoms with Crippen LogP contribution in [0.1, 0.15) is 23.8 Å². The lowest BCUT2D eigenvalue weighted by atomic mass is 10.3. The number of carbonyl (C=O) groups excluding carboxylic acids is 1. The predicted octanol–water partition coefficient (Wildman–Crippen LogP) is 1.31. The molecule has 0 aliphatic carbocycles. The highest BCUT2D eigenvalue weighted by molar-refractivity contribution is 5.94. The van der Waals surface area contributed by atoms with Crippen LogP contribution in [0.3, 0.4) is 0 Å². The van der Waals surface area contributed by atoms with Crippen molar-refractivity contribution >= 4 is 11.9 Å². The van der Waals surface area contributed by atoms with Gasteiger partial charge in [0, 0.05) is 12.6 Å². The molecule has 0 bridgehead atoms. The first kappa shape index (κ1) is 17.3. The molecule has 0 spiro atoms. The van der Waals surface area contributed by atoms with E-state index < -0.39 is 29.8 Å². The summed E-state index contributed by atoms with van der Waals surface area (Å²) in [4.78, 5) is 36.4. The number of benzene rings is 1. The Bertz CT molecular complexity index is 802. The average Bonchev–Trinajstić information content (AvgIpc) is 2.55. The maximum atomic E-state index is 13.0. The number of halogens is 1. The van der Waals surface area contributed by atoms with Crippen molar-refractivity contribution in [2.45, 2.75) is 13.3 Å². The van der Waals surface area contributed by atoms with Gasteiger partial charge in [0.2, 0.25) is 0 Å². The zero-order valence-electron chi connectivity index (χ0n) is 13.0. The minimum atomic E-state index is -1.14. The van der Waals surface area contributed by atoms with Crippen molar-refractivity contribution in [1.82, 2.24) is 14.7 Å². The van der Waals surface area contributed by atoms with E-state index in [-0.39, 0.29) is 12.2 Å². The number of carboxylic acids is 1. The lowest BCUT2D eigenvalue weighted by molar-refractivity contribution is -0.137. The zero-order valence-corrected chi connectivity index (χ0v) is 13.0. The van der Waals surface area contributed by atoms with Gasteiger partial charge in [0.1, 0.15) is 18.1 Å². The summed E-state index contributed by atoms with van der Waals surface area (Å²) < 4.78 is 14.0. The quantitative estimate of drug-likeness (QED) is 0.860. The van der Waals surface area contributed by atoms with E-state index in [9.17, 15) is 18.8 Å². The van der Waals surface area contributed by atoms with Crippen molar-refractivity contribution in [3.8, 4) is 5.69 Å². The van der Waals surface area contributed by atoms with Crippen LogP contribution >= 0.6 is 0 Å². The molecule has 2 aromatic rings.